The minimum atomic E-state index is -0.658. The van der Waals surface area contributed by atoms with Crippen LogP contribution >= 0.6 is 0 Å². The van der Waals surface area contributed by atoms with Crippen LogP contribution in [0.15, 0.2) is 24.3 Å². The van der Waals surface area contributed by atoms with E-state index in [4.69, 9.17) is 0 Å². The normalized spacial score (nSPS) is 13.2. The van der Waals surface area contributed by atoms with Crippen LogP contribution in [0.2, 0.25) is 0 Å². The van der Waals surface area contributed by atoms with Gasteiger partial charge in [-0.25, -0.2) is 0 Å². The maximum Gasteiger partial charge on any atom is 0.220 e. The molecular formula is C44H85NO3. The van der Waals surface area contributed by atoms with E-state index in [0.29, 0.717) is 12.8 Å². The van der Waals surface area contributed by atoms with Gasteiger partial charge >= 0.3 is 0 Å². The van der Waals surface area contributed by atoms with Crippen molar-refractivity contribution < 1.29 is 15.0 Å². The zero-order chi connectivity index (χ0) is 35.0. The van der Waals surface area contributed by atoms with E-state index >= 15 is 0 Å². The molecule has 0 aromatic carbocycles. The first-order valence-electron chi connectivity index (χ1n) is 21.6. The molecule has 0 rings (SSSR count). The summed E-state index contributed by atoms with van der Waals surface area (Å²) in [6.45, 7) is 4.34. The Morgan fingerprint density at radius 1 is 0.500 bits per heavy atom. The smallest absolute Gasteiger partial charge is 0.220 e. The number of carbonyl (C=O) groups excluding carboxylic acids is 1. The number of carbonyl (C=O) groups is 1. The lowest BCUT2D eigenvalue weighted by Crippen LogP contribution is -2.45. The molecule has 0 aliphatic carbocycles. The van der Waals surface area contributed by atoms with Crippen LogP contribution in [0.1, 0.15) is 232 Å². The number of nitrogens with one attached hydrogen (secondary N) is 1. The minimum Gasteiger partial charge on any atom is -0.394 e. The van der Waals surface area contributed by atoms with Gasteiger partial charge in [0.2, 0.25) is 5.91 Å². The van der Waals surface area contributed by atoms with Gasteiger partial charge < -0.3 is 15.5 Å². The summed E-state index contributed by atoms with van der Waals surface area (Å²) in [4.78, 5) is 12.4. The zero-order valence-electron chi connectivity index (χ0n) is 32.5. The predicted molar refractivity (Wildman–Crippen MR) is 212 cm³/mol. The summed E-state index contributed by atoms with van der Waals surface area (Å²) in [6.07, 6.45) is 51.0. The molecule has 0 aliphatic rings. The number of allylic oxidation sites excluding steroid dienone is 4. The van der Waals surface area contributed by atoms with Crippen LogP contribution in [0, 0.1) is 0 Å². The van der Waals surface area contributed by atoms with E-state index in [2.05, 4.69) is 43.5 Å². The highest BCUT2D eigenvalue weighted by Gasteiger charge is 2.20. The van der Waals surface area contributed by atoms with Crippen LogP contribution in [0.4, 0.5) is 0 Å². The highest BCUT2D eigenvalue weighted by Crippen LogP contribution is 2.16. The Labute approximate surface area is 300 Å². The SMILES string of the molecule is CCCCC/C=C\C=C/CCCCCCCCCCCCC(=O)NC(CO)C(O)CCCCCCCCCCCCCCCCCCC. The highest BCUT2D eigenvalue weighted by molar-refractivity contribution is 5.76. The van der Waals surface area contributed by atoms with Gasteiger partial charge in [0.25, 0.3) is 0 Å². The highest BCUT2D eigenvalue weighted by atomic mass is 16.3. The first kappa shape index (κ1) is 46.9. The lowest BCUT2D eigenvalue weighted by molar-refractivity contribution is -0.123. The molecule has 1 amide bonds. The molecule has 0 aromatic heterocycles. The second kappa shape index (κ2) is 40.3. The Hall–Kier alpha value is -1.13. The summed E-state index contributed by atoms with van der Waals surface area (Å²) in [7, 11) is 0. The van der Waals surface area contributed by atoms with Crippen molar-refractivity contribution in [2.24, 2.45) is 0 Å². The summed E-state index contributed by atoms with van der Waals surface area (Å²) in [5.74, 6) is -0.0339. The molecule has 0 saturated carbocycles. The molecule has 2 atom stereocenters. The van der Waals surface area contributed by atoms with E-state index in [9.17, 15) is 15.0 Å². The standard InChI is InChI=1S/C44H85NO3/c1-3-5-7-9-11-13-15-17-19-21-22-24-26-28-30-32-34-36-38-40-44(48)45-42(41-46)43(47)39-37-35-33-31-29-27-25-23-20-18-16-14-12-10-8-6-4-2/h11,13,15,17,42-43,46-47H,3-10,12,14,16,18-41H2,1-2H3,(H,45,48)/b13-11-,17-15-. The van der Waals surface area contributed by atoms with E-state index in [1.807, 2.05) is 0 Å². The number of aliphatic hydroxyl groups excluding tert-OH is 2. The van der Waals surface area contributed by atoms with Gasteiger partial charge in [0.15, 0.2) is 0 Å². The molecule has 0 saturated heterocycles. The Morgan fingerprint density at radius 2 is 0.833 bits per heavy atom. The van der Waals surface area contributed by atoms with E-state index in [-0.39, 0.29) is 12.5 Å². The summed E-state index contributed by atoms with van der Waals surface area (Å²) >= 11 is 0. The summed E-state index contributed by atoms with van der Waals surface area (Å²) in [5.41, 5.74) is 0. The van der Waals surface area contributed by atoms with Crippen LogP contribution in [-0.4, -0.2) is 34.9 Å². The van der Waals surface area contributed by atoms with Gasteiger partial charge in [0.05, 0.1) is 18.8 Å². The third-order valence-electron chi connectivity index (χ3n) is 9.99. The topological polar surface area (TPSA) is 69.6 Å². The van der Waals surface area contributed by atoms with E-state index in [0.717, 1.165) is 25.7 Å². The molecule has 0 radical (unpaired) electrons. The summed E-state index contributed by atoms with van der Waals surface area (Å²) in [5, 5.41) is 23.2. The van der Waals surface area contributed by atoms with Crippen molar-refractivity contribution in [1.29, 1.82) is 0 Å². The number of amides is 1. The fraction of sp³-hybridized carbons (Fsp3) is 0.886. The van der Waals surface area contributed by atoms with Crippen molar-refractivity contribution in [1.82, 2.24) is 5.32 Å². The molecule has 3 N–H and O–H groups in total. The average molecular weight is 676 g/mol. The average Bonchev–Trinajstić information content (AvgIpc) is 3.09. The van der Waals surface area contributed by atoms with E-state index in [1.165, 1.54) is 180 Å². The lowest BCUT2D eigenvalue weighted by atomic mass is 10.0. The maximum absolute atomic E-state index is 12.4. The van der Waals surface area contributed by atoms with Gasteiger partial charge in [0.1, 0.15) is 0 Å². The molecule has 0 aromatic rings. The fourth-order valence-electron chi connectivity index (χ4n) is 6.65. The van der Waals surface area contributed by atoms with Gasteiger partial charge in [-0.1, -0.05) is 212 Å². The van der Waals surface area contributed by atoms with Gasteiger partial charge in [-0.2, -0.15) is 0 Å². The number of unbranched alkanes of at least 4 members (excludes halogenated alkanes) is 29. The Morgan fingerprint density at radius 3 is 1.25 bits per heavy atom. The molecule has 2 unspecified atom stereocenters. The van der Waals surface area contributed by atoms with Crippen LogP contribution < -0.4 is 5.32 Å². The molecule has 0 aliphatic heterocycles. The van der Waals surface area contributed by atoms with E-state index < -0.39 is 12.1 Å². The minimum absolute atomic E-state index is 0.0339. The summed E-state index contributed by atoms with van der Waals surface area (Å²) in [6, 6.07) is -0.535. The fourth-order valence-corrected chi connectivity index (χ4v) is 6.65. The van der Waals surface area contributed by atoms with E-state index in [1.54, 1.807) is 0 Å². The van der Waals surface area contributed by atoms with Crippen molar-refractivity contribution in [3.8, 4) is 0 Å². The second-order valence-electron chi connectivity index (χ2n) is 14.8. The lowest BCUT2D eigenvalue weighted by Gasteiger charge is -2.22. The third-order valence-corrected chi connectivity index (χ3v) is 9.99. The van der Waals surface area contributed by atoms with Crippen LogP contribution in [0.25, 0.3) is 0 Å². The summed E-state index contributed by atoms with van der Waals surface area (Å²) < 4.78 is 0. The Kier molecular flexibility index (Phi) is 39.4. The number of hydrogen-bond acceptors (Lipinski definition) is 3. The first-order valence-corrected chi connectivity index (χ1v) is 21.6. The van der Waals surface area contributed by atoms with Crippen molar-refractivity contribution in [3.05, 3.63) is 24.3 Å². The monoisotopic (exact) mass is 676 g/mol. The number of rotatable bonds is 39. The van der Waals surface area contributed by atoms with Crippen molar-refractivity contribution in [2.75, 3.05) is 6.61 Å². The molecule has 0 spiro atoms. The molecule has 48 heavy (non-hydrogen) atoms. The predicted octanol–water partition coefficient (Wildman–Crippen LogP) is 13.2. The van der Waals surface area contributed by atoms with Crippen molar-refractivity contribution in [3.63, 3.8) is 0 Å². The molecule has 0 heterocycles. The molecule has 0 fully saturated rings. The van der Waals surface area contributed by atoms with Gasteiger partial charge in [-0.15, -0.1) is 0 Å². The Balaban J connectivity index is 3.52. The second-order valence-corrected chi connectivity index (χ2v) is 14.8. The molecular weight excluding hydrogens is 590 g/mol. The van der Waals surface area contributed by atoms with Gasteiger partial charge in [-0.3, -0.25) is 4.79 Å². The van der Waals surface area contributed by atoms with Crippen LogP contribution in [0.3, 0.4) is 0 Å². The number of hydrogen-bond donors (Lipinski definition) is 3. The third kappa shape index (κ3) is 36.2. The largest absolute Gasteiger partial charge is 0.394 e. The van der Waals surface area contributed by atoms with Crippen molar-refractivity contribution >= 4 is 5.91 Å². The first-order chi connectivity index (χ1) is 23.7. The van der Waals surface area contributed by atoms with Gasteiger partial charge in [-0.05, 0) is 38.5 Å². The van der Waals surface area contributed by atoms with Gasteiger partial charge in [0, 0.05) is 6.42 Å². The molecule has 0 bridgehead atoms. The maximum atomic E-state index is 12.4. The van der Waals surface area contributed by atoms with Crippen LogP contribution in [-0.2, 0) is 4.79 Å². The van der Waals surface area contributed by atoms with Crippen LogP contribution in [0.5, 0.6) is 0 Å². The molecule has 4 heteroatoms. The molecule has 284 valence electrons. The molecule has 4 nitrogen and oxygen atoms in total. The quantitative estimate of drug-likeness (QED) is 0.0448. The van der Waals surface area contributed by atoms with Crippen molar-refractivity contribution in [2.45, 2.75) is 244 Å². The Bertz CT molecular complexity index is 691. The zero-order valence-corrected chi connectivity index (χ0v) is 32.5. The number of aliphatic hydroxyl groups is 2.